The van der Waals surface area contributed by atoms with Crippen molar-refractivity contribution in [3.8, 4) is 0 Å². The van der Waals surface area contributed by atoms with Crippen LogP contribution < -0.4 is 10.6 Å². The number of nitrogens with one attached hydrogen (secondary N) is 2. The van der Waals surface area contributed by atoms with Crippen LogP contribution in [0.5, 0.6) is 0 Å². The third-order valence-corrected chi connectivity index (χ3v) is 5.01. The van der Waals surface area contributed by atoms with E-state index >= 15 is 0 Å². The first kappa shape index (κ1) is 11.6. The van der Waals surface area contributed by atoms with Gasteiger partial charge in [0.15, 0.2) is 0 Å². The van der Waals surface area contributed by atoms with E-state index < -0.39 is 0 Å². The lowest BCUT2D eigenvalue weighted by Crippen LogP contribution is -2.20. The van der Waals surface area contributed by atoms with E-state index in [1.54, 1.807) is 12.1 Å². The lowest BCUT2D eigenvalue weighted by molar-refractivity contribution is 0.0879. The lowest BCUT2D eigenvalue weighted by Gasteiger charge is -2.14. The number of imide groups is 1. The SMILES string of the molecule is CSC1(CNc2ccc3c(c2)C(=O)NC3=O)CC1. The Kier molecular flexibility index (Phi) is 2.59. The van der Waals surface area contributed by atoms with Gasteiger partial charge in [-0.15, -0.1) is 0 Å². The molecule has 94 valence electrons. The zero-order valence-electron chi connectivity index (χ0n) is 10.1. The summed E-state index contributed by atoms with van der Waals surface area (Å²) in [5.74, 6) is -0.603. The van der Waals surface area contributed by atoms with Crippen LogP contribution in [0.25, 0.3) is 0 Å². The van der Waals surface area contributed by atoms with Crippen LogP contribution >= 0.6 is 11.8 Å². The molecule has 5 heteroatoms. The topological polar surface area (TPSA) is 58.2 Å². The van der Waals surface area contributed by atoms with E-state index in [-0.39, 0.29) is 11.8 Å². The second-order valence-electron chi connectivity index (χ2n) is 4.78. The number of hydrogen-bond acceptors (Lipinski definition) is 4. The lowest BCUT2D eigenvalue weighted by atomic mass is 10.1. The molecule has 0 aromatic heterocycles. The molecule has 1 aliphatic carbocycles. The van der Waals surface area contributed by atoms with Gasteiger partial charge in [-0.25, -0.2) is 0 Å². The van der Waals surface area contributed by atoms with E-state index in [9.17, 15) is 9.59 Å². The van der Waals surface area contributed by atoms with Crippen LogP contribution in [0, 0.1) is 0 Å². The van der Waals surface area contributed by atoms with E-state index in [2.05, 4.69) is 16.9 Å². The number of thioether (sulfide) groups is 1. The molecular formula is C13H14N2O2S. The number of anilines is 1. The number of carbonyl (C=O) groups excluding carboxylic acids is 2. The van der Waals surface area contributed by atoms with Crippen molar-refractivity contribution in [3.63, 3.8) is 0 Å². The van der Waals surface area contributed by atoms with E-state index in [1.165, 1.54) is 12.8 Å². The maximum absolute atomic E-state index is 11.5. The minimum Gasteiger partial charge on any atom is -0.384 e. The third kappa shape index (κ3) is 1.88. The minimum absolute atomic E-state index is 0.301. The maximum Gasteiger partial charge on any atom is 0.259 e. The fraction of sp³-hybridized carbons (Fsp3) is 0.385. The largest absolute Gasteiger partial charge is 0.384 e. The van der Waals surface area contributed by atoms with Gasteiger partial charge in [-0.2, -0.15) is 11.8 Å². The average Bonchev–Trinajstić information content (AvgIpc) is 3.11. The fourth-order valence-electron chi connectivity index (χ4n) is 2.13. The van der Waals surface area contributed by atoms with E-state index in [4.69, 9.17) is 0 Å². The van der Waals surface area contributed by atoms with Crippen molar-refractivity contribution in [2.75, 3.05) is 18.1 Å². The quantitative estimate of drug-likeness (QED) is 0.813. The van der Waals surface area contributed by atoms with Crippen molar-refractivity contribution in [2.45, 2.75) is 17.6 Å². The second-order valence-corrected chi connectivity index (χ2v) is 6.06. The molecule has 4 nitrogen and oxygen atoms in total. The number of benzene rings is 1. The van der Waals surface area contributed by atoms with Crippen LogP contribution in [-0.2, 0) is 0 Å². The summed E-state index contributed by atoms with van der Waals surface area (Å²) in [6, 6.07) is 5.32. The zero-order chi connectivity index (χ0) is 12.8. The average molecular weight is 262 g/mol. The van der Waals surface area contributed by atoms with Crippen LogP contribution in [0.4, 0.5) is 5.69 Å². The number of hydrogen-bond donors (Lipinski definition) is 2. The Morgan fingerprint density at radius 2 is 2.00 bits per heavy atom. The molecule has 0 spiro atoms. The highest BCUT2D eigenvalue weighted by Gasteiger charge is 2.41. The molecule has 1 aromatic carbocycles. The van der Waals surface area contributed by atoms with Crippen LogP contribution in [0.3, 0.4) is 0 Å². The molecule has 1 aliphatic heterocycles. The normalized spacial score (nSPS) is 19.4. The summed E-state index contributed by atoms with van der Waals surface area (Å²) in [5, 5.41) is 5.65. The Morgan fingerprint density at radius 1 is 1.28 bits per heavy atom. The van der Waals surface area contributed by atoms with Gasteiger partial charge in [0.2, 0.25) is 0 Å². The monoisotopic (exact) mass is 262 g/mol. The molecule has 1 saturated carbocycles. The van der Waals surface area contributed by atoms with Gasteiger partial charge in [0.25, 0.3) is 11.8 Å². The third-order valence-electron chi connectivity index (χ3n) is 3.59. The highest BCUT2D eigenvalue weighted by Crippen LogP contribution is 2.47. The van der Waals surface area contributed by atoms with Crippen LogP contribution in [0.15, 0.2) is 18.2 Å². The number of amides is 2. The van der Waals surface area contributed by atoms with Crippen molar-refractivity contribution in [1.82, 2.24) is 5.32 Å². The van der Waals surface area contributed by atoms with Gasteiger partial charge in [0, 0.05) is 17.0 Å². The molecule has 1 aromatic rings. The second kappa shape index (κ2) is 4.02. The van der Waals surface area contributed by atoms with Gasteiger partial charge < -0.3 is 5.32 Å². The summed E-state index contributed by atoms with van der Waals surface area (Å²) in [7, 11) is 0. The van der Waals surface area contributed by atoms with Gasteiger partial charge in [-0.1, -0.05) is 0 Å². The van der Waals surface area contributed by atoms with Gasteiger partial charge in [0.05, 0.1) is 11.1 Å². The van der Waals surface area contributed by atoms with Crippen molar-refractivity contribution >= 4 is 29.3 Å². The van der Waals surface area contributed by atoms with Crippen molar-refractivity contribution < 1.29 is 9.59 Å². The maximum atomic E-state index is 11.5. The molecule has 0 radical (unpaired) electrons. The first-order valence-corrected chi connectivity index (χ1v) is 7.15. The van der Waals surface area contributed by atoms with Gasteiger partial charge >= 0.3 is 0 Å². The first-order valence-electron chi connectivity index (χ1n) is 5.92. The van der Waals surface area contributed by atoms with E-state index in [0.717, 1.165) is 12.2 Å². The summed E-state index contributed by atoms with van der Waals surface area (Å²) >= 11 is 1.89. The van der Waals surface area contributed by atoms with E-state index in [1.807, 2.05) is 17.8 Å². The van der Waals surface area contributed by atoms with Crippen LogP contribution in [0.2, 0.25) is 0 Å². The van der Waals surface area contributed by atoms with E-state index in [0.29, 0.717) is 15.9 Å². The summed E-state index contributed by atoms with van der Waals surface area (Å²) in [6.45, 7) is 0.905. The molecule has 0 atom stereocenters. The smallest absolute Gasteiger partial charge is 0.259 e. The molecule has 2 aliphatic rings. The van der Waals surface area contributed by atoms with Gasteiger partial charge in [0.1, 0.15) is 0 Å². The molecule has 1 fully saturated rings. The molecule has 2 amide bonds. The Labute approximate surface area is 110 Å². The van der Waals surface area contributed by atoms with Crippen molar-refractivity contribution in [3.05, 3.63) is 29.3 Å². The standard InChI is InChI=1S/C13H14N2O2S/c1-18-13(4-5-13)7-14-8-2-3-9-10(6-8)12(17)15-11(9)16/h2-3,6,14H,4-5,7H2,1H3,(H,15,16,17). The predicted molar refractivity (Wildman–Crippen MR) is 72.2 cm³/mol. The number of fused-ring (bicyclic) bond motifs is 1. The van der Waals surface area contributed by atoms with Gasteiger partial charge in [-0.05, 0) is 37.3 Å². The first-order chi connectivity index (χ1) is 8.63. The molecule has 3 rings (SSSR count). The highest BCUT2D eigenvalue weighted by molar-refractivity contribution is 8.00. The van der Waals surface area contributed by atoms with Crippen molar-refractivity contribution in [2.24, 2.45) is 0 Å². The number of rotatable bonds is 4. The Balaban J connectivity index is 1.77. The fourth-order valence-corrected chi connectivity index (χ4v) is 2.86. The Hall–Kier alpha value is -1.49. The molecule has 18 heavy (non-hydrogen) atoms. The molecule has 0 unspecified atom stereocenters. The Morgan fingerprint density at radius 3 is 2.67 bits per heavy atom. The van der Waals surface area contributed by atoms with Gasteiger partial charge in [-0.3, -0.25) is 14.9 Å². The molecular weight excluding hydrogens is 248 g/mol. The van der Waals surface area contributed by atoms with Crippen LogP contribution in [-0.4, -0.2) is 29.4 Å². The molecule has 0 bridgehead atoms. The van der Waals surface area contributed by atoms with Crippen LogP contribution in [0.1, 0.15) is 33.6 Å². The zero-order valence-corrected chi connectivity index (χ0v) is 10.9. The summed E-state index contributed by atoms with van der Waals surface area (Å²) in [4.78, 5) is 22.9. The minimum atomic E-state index is -0.302. The summed E-state index contributed by atoms with van der Waals surface area (Å²) < 4.78 is 0.372. The Bertz CT molecular complexity index is 538. The molecule has 0 saturated heterocycles. The highest BCUT2D eigenvalue weighted by atomic mass is 32.2. The van der Waals surface area contributed by atoms with Crippen molar-refractivity contribution in [1.29, 1.82) is 0 Å². The molecule has 1 heterocycles. The summed E-state index contributed by atoms with van der Waals surface area (Å²) in [6.07, 6.45) is 4.61. The predicted octanol–water partition coefficient (Wildman–Crippen LogP) is 1.88. The molecule has 2 N–H and O–H groups in total. The summed E-state index contributed by atoms with van der Waals surface area (Å²) in [5.41, 5.74) is 1.84. The number of carbonyl (C=O) groups is 2.